The predicted molar refractivity (Wildman–Crippen MR) is 71.1 cm³/mol. The summed E-state index contributed by atoms with van der Waals surface area (Å²) in [7, 11) is 0. The number of rotatable bonds is 6. The first-order chi connectivity index (χ1) is 10.1. The first kappa shape index (κ1) is 13.9. The van der Waals surface area contributed by atoms with Gasteiger partial charge in [-0.2, -0.15) is 0 Å². The van der Waals surface area contributed by atoms with Crippen molar-refractivity contribution in [2.75, 3.05) is 18.9 Å². The van der Waals surface area contributed by atoms with Crippen LogP contribution in [0.1, 0.15) is 12.8 Å². The lowest BCUT2D eigenvalue weighted by Crippen LogP contribution is -2.11. The van der Waals surface area contributed by atoms with E-state index in [1.54, 1.807) is 0 Å². The summed E-state index contributed by atoms with van der Waals surface area (Å²) in [6.45, 7) is 1.56. The van der Waals surface area contributed by atoms with E-state index in [1.807, 2.05) is 0 Å². The van der Waals surface area contributed by atoms with E-state index < -0.39 is 11.6 Å². The number of nitrogens with zero attached hydrogens (tertiary/aromatic N) is 4. The third kappa shape index (κ3) is 3.15. The zero-order valence-corrected chi connectivity index (χ0v) is 11.3. The van der Waals surface area contributed by atoms with Crippen LogP contribution in [-0.4, -0.2) is 33.4 Å². The van der Waals surface area contributed by atoms with E-state index in [-0.39, 0.29) is 17.1 Å². The summed E-state index contributed by atoms with van der Waals surface area (Å²) in [6.07, 6.45) is 2.44. The lowest BCUT2D eigenvalue weighted by Gasteiger charge is -2.07. The summed E-state index contributed by atoms with van der Waals surface area (Å²) in [4.78, 5) is 0. The number of halogens is 2. The SMILES string of the molecule is Nc1cc(-c2nnnn2CCOCC2CC2)c(F)cc1F. The number of aromatic nitrogens is 4. The first-order valence-electron chi connectivity index (χ1n) is 6.74. The number of nitrogen functional groups attached to an aromatic ring is 1. The van der Waals surface area contributed by atoms with Crippen LogP contribution in [0.2, 0.25) is 0 Å². The fraction of sp³-hybridized carbons (Fsp3) is 0.462. The second kappa shape index (κ2) is 5.72. The fourth-order valence-electron chi connectivity index (χ4n) is 1.97. The molecule has 0 aliphatic heterocycles. The molecule has 0 saturated heterocycles. The Hall–Kier alpha value is -2.09. The van der Waals surface area contributed by atoms with E-state index in [2.05, 4.69) is 15.5 Å². The highest BCUT2D eigenvalue weighted by atomic mass is 19.1. The van der Waals surface area contributed by atoms with Gasteiger partial charge in [0.1, 0.15) is 11.6 Å². The molecule has 0 amide bonds. The fourth-order valence-corrected chi connectivity index (χ4v) is 1.97. The third-order valence-electron chi connectivity index (χ3n) is 3.36. The zero-order valence-electron chi connectivity index (χ0n) is 11.3. The summed E-state index contributed by atoms with van der Waals surface area (Å²) in [6, 6.07) is 1.92. The summed E-state index contributed by atoms with van der Waals surface area (Å²) in [5.41, 5.74) is 5.39. The molecule has 112 valence electrons. The van der Waals surface area contributed by atoms with Crippen molar-refractivity contribution in [3.63, 3.8) is 0 Å². The van der Waals surface area contributed by atoms with Crippen molar-refractivity contribution in [1.29, 1.82) is 0 Å². The second-order valence-corrected chi connectivity index (χ2v) is 5.10. The quantitative estimate of drug-likeness (QED) is 0.647. The first-order valence-corrected chi connectivity index (χ1v) is 6.74. The van der Waals surface area contributed by atoms with Gasteiger partial charge in [0.2, 0.25) is 0 Å². The molecule has 1 aliphatic rings. The van der Waals surface area contributed by atoms with Gasteiger partial charge in [0.05, 0.1) is 24.4 Å². The number of ether oxygens (including phenoxy) is 1. The molecule has 1 saturated carbocycles. The average molecular weight is 295 g/mol. The number of benzene rings is 1. The highest BCUT2D eigenvalue weighted by Gasteiger charge is 2.21. The molecule has 0 atom stereocenters. The van der Waals surface area contributed by atoms with Crippen molar-refractivity contribution in [1.82, 2.24) is 20.2 Å². The molecule has 2 N–H and O–H groups in total. The minimum Gasteiger partial charge on any atom is -0.396 e. The van der Waals surface area contributed by atoms with Gasteiger partial charge in [-0.15, -0.1) is 5.10 Å². The van der Waals surface area contributed by atoms with E-state index in [0.717, 1.165) is 12.7 Å². The van der Waals surface area contributed by atoms with Gasteiger partial charge >= 0.3 is 0 Å². The molecule has 6 nitrogen and oxygen atoms in total. The van der Waals surface area contributed by atoms with Crippen molar-refractivity contribution >= 4 is 5.69 Å². The topological polar surface area (TPSA) is 78.9 Å². The Balaban J connectivity index is 1.73. The minimum absolute atomic E-state index is 0.0705. The van der Waals surface area contributed by atoms with Crippen molar-refractivity contribution in [3.8, 4) is 11.4 Å². The number of hydrogen-bond acceptors (Lipinski definition) is 5. The van der Waals surface area contributed by atoms with E-state index in [1.165, 1.54) is 23.6 Å². The van der Waals surface area contributed by atoms with Gasteiger partial charge in [0.15, 0.2) is 5.82 Å². The molecule has 0 bridgehead atoms. The van der Waals surface area contributed by atoms with Gasteiger partial charge in [-0.25, -0.2) is 13.5 Å². The molecule has 1 aliphatic carbocycles. The van der Waals surface area contributed by atoms with E-state index in [0.29, 0.717) is 19.1 Å². The third-order valence-corrected chi connectivity index (χ3v) is 3.36. The molecule has 0 spiro atoms. The largest absolute Gasteiger partial charge is 0.396 e. The summed E-state index contributed by atoms with van der Waals surface area (Å²) < 4.78 is 33.9. The number of tetrazole rings is 1. The van der Waals surface area contributed by atoms with Gasteiger partial charge in [-0.05, 0) is 35.3 Å². The molecule has 0 radical (unpaired) electrons. The highest BCUT2D eigenvalue weighted by Crippen LogP contribution is 2.29. The molecule has 1 aromatic heterocycles. The van der Waals surface area contributed by atoms with Crippen molar-refractivity contribution < 1.29 is 13.5 Å². The average Bonchev–Trinajstić information content (AvgIpc) is 3.16. The standard InChI is InChI=1S/C13H15F2N5O/c14-10-6-11(15)12(16)5-9(10)13-17-18-19-20(13)3-4-21-7-8-1-2-8/h5-6,8H,1-4,7,16H2. The Morgan fingerprint density at radius 3 is 2.86 bits per heavy atom. The van der Waals surface area contributed by atoms with Crippen molar-refractivity contribution in [3.05, 3.63) is 23.8 Å². The number of anilines is 1. The van der Waals surface area contributed by atoms with Crippen molar-refractivity contribution in [2.24, 2.45) is 5.92 Å². The van der Waals surface area contributed by atoms with Crippen LogP contribution in [0.4, 0.5) is 14.5 Å². The Labute approximate surface area is 119 Å². The van der Waals surface area contributed by atoms with Crippen LogP contribution in [0.15, 0.2) is 12.1 Å². The van der Waals surface area contributed by atoms with Gasteiger partial charge in [-0.3, -0.25) is 0 Å². The zero-order chi connectivity index (χ0) is 14.8. The van der Waals surface area contributed by atoms with E-state index in [9.17, 15) is 8.78 Å². The maximum absolute atomic E-state index is 13.8. The minimum atomic E-state index is -0.803. The van der Waals surface area contributed by atoms with Gasteiger partial charge in [-0.1, -0.05) is 0 Å². The van der Waals surface area contributed by atoms with E-state index in [4.69, 9.17) is 10.5 Å². The monoisotopic (exact) mass is 295 g/mol. The van der Waals surface area contributed by atoms with Gasteiger partial charge in [0.25, 0.3) is 0 Å². The Kier molecular flexibility index (Phi) is 3.78. The molecule has 2 aromatic rings. The van der Waals surface area contributed by atoms with Gasteiger partial charge < -0.3 is 10.5 Å². The van der Waals surface area contributed by atoms with Crippen LogP contribution in [0.25, 0.3) is 11.4 Å². The Morgan fingerprint density at radius 1 is 1.29 bits per heavy atom. The predicted octanol–water partition coefficient (Wildman–Crippen LogP) is 1.63. The lowest BCUT2D eigenvalue weighted by atomic mass is 10.1. The molecule has 21 heavy (non-hydrogen) atoms. The molecular weight excluding hydrogens is 280 g/mol. The number of nitrogens with two attached hydrogens (primary N) is 1. The number of hydrogen-bond donors (Lipinski definition) is 1. The lowest BCUT2D eigenvalue weighted by molar-refractivity contribution is 0.114. The summed E-state index contributed by atoms with van der Waals surface area (Å²) >= 11 is 0. The molecule has 8 heteroatoms. The van der Waals surface area contributed by atoms with Crippen LogP contribution in [0.3, 0.4) is 0 Å². The normalized spacial score (nSPS) is 14.6. The van der Waals surface area contributed by atoms with Crippen LogP contribution in [0, 0.1) is 17.6 Å². The molecule has 0 unspecified atom stereocenters. The summed E-state index contributed by atoms with van der Waals surface area (Å²) in [5.74, 6) is -0.679. The molecule has 3 rings (SSSR count). The van der Waals surface area contributed by atoms with Crippen molar-refractivity contribution in [2.45, 2.75) is 19.4 Å². The molecule has 1 fully saturated rings. The Morgan fingerprint density at radius 2 is 2.10 bits per heavy atom. The molecular formula is C13H15F2N5O. The maximum atomic E-state index is 13.8. The van der Waals surface area contributed by atoms with Crippen LogP contribution in [0.5, 0.6) is 0 Å². The Bertz CT molecular complexity index is 641. The van der Waals surface area contributed by atoms with E-state index >= 15 is 0 Å². The highest BCUT2D eigenvalue weighted by molar-refractivity contribution is 5.62. The van der Waals surface area contributed by atoms with Gasteiger partial charge in [0, 0.05) is 12.7 Å². The van der Waals surface area contributed by atoms with Crippen LogP contribution in [-0.2, 0) is 11.3 Å². The maximum Gasteiger partial charge on any atom is 0.185 e. The molecule has 1 aromatic carbocycles. The van der Waals surface area contributed by atoms with Crippen LogP contribution >= 0.6 is 0 Å². The molecule has 1 heterocycles. The second-order valence-electron chi connectivity index (χ2n) is 5.10. The van der Waals surface area contributed by atoms with Crippen LogP contribution < -0.4 is 5.73 Å². The smallest absolute Gasteiger partial charge is 0.185 e. The summed E-state index contributed by atoms with van der Waals surface area (Å²) in [5, 5.41) is 11.1.